The fourth-order valence-corrected chi connectivity index (χ4v) is 5.94. The summed E-state index contributed by atoms with van der Waals surface area (Å²) in [5, 5.41) is 0.555. The number of nitrogens with zero attached hydrogens (tertiary/aromatic N) is 2. The third-order valence-electron chi connectivity index (χ3n) is 5.29. The van der Waals surface area contributed by atoms with Gasteiger partial charge in [-0.3, -0.25) is 9.63 Å². The molecule has 2 heterocycles. The van der Waals surface area contributed by atoms with Crippen molar-refractivity contribution >= 4 is 27.6 Å². The Balaban J connectivity index is 1.77. The van der Waals surface area contributed by atoms with Crippen molar-refractivity contribution in [3.63, 3.8) is 0 Å². The van der Waals surface area contributed by atoms with Gasteiger partial charge in [0.05, 0.1) is 30.2 Å². The maximum Gasteiger partial charge on any atom is 0.309 e. The first-order valence-electron chi connectivity index (χ1n) is 9.22. The predicted molar refractivity (Wildman–Crippen MR) is 102 cm³/mol. The van der Waals surface area contributed by atoms with Gasteiger partial charge in [0.1, 0.15) is 11.1 Å². The molecule has 156 valence electrons. The van der Waals surface area contributed by atoms with E-state index >= 15 is 0 Å². The van der Waals surface area contributed by atoms with Gasteiger partial charge in [0, 0.05) is 20.1 Å². The van der Waals surface area contributed by atoms with E-state index in [1.54, 1.807) is 14.0 Å². The van der Waals surface area contributed by atoms with E-state index < -0.39 is 27.1 Å². The van der Waals surface area contributed by atoms with Crippen LogP contribution >= 0.6 is 11.6 Å². The highest BCUT2D eigenvalue weighted by molar-refractivity contribution is 7.89. The number of esters is 1. The van der Waals surface area contributed by atoms with Gasteiger partial charge in [-0.1, -0.05) is 17.7 Å². The SMILES string of the molecule is CCOC(=O)C1CCN(S(=O)(=O)C2CON(C)C2c2ccc(F)c(Cl)c2)CC1. The summed E-state index contributed by atoms with van der Waals surface area (Å²) in [6, 6.07) is 3.57. The van der Waals surface area contributed by atoms with Gasteiger partial charge < -0.3 is 4.74 Å². The molecule has 7 nitrogen and oxygen atoms in total. The maximum absolute atomic E-state index is 13.5. The van der Waals surface area contributed by atoms with E-state index in [0.717, 1.165) is 0 Å². The molecule has 2 aliphatic heterocycles. The van der Waals surface area contributed by atoms with E-state index in [9.17, 15) is 17.6 Å². The number of benzene rings is 1. The zero-order valence-corrected chi connectivity index (χ0v) is 17.4. The molecule has 0 amide bonds. The van der Waals surface area contributed by atoms with Crippen molar-refractivity contribution in [2.45, 2.75) is 31.1 Å². The highest BCUT2D eigenvalue weighted by Crippen LogP contribution is 2.37. The average molecular weight is 435 g/mol. The van der Waals surface area contributed by atoms with Gasteiger partial charge in [0.25, 0.3) is 0 Å². The molecule has 2 atom stereocenters. The fraction of sp³-hybridized carbons (Fsp3) is 0.611. The normalized spacial score (nSPS) is 25.1. The molecule has 0 N–H and O–H groups in total. The smallest absolute Gasteiger partial charge is 0.309 e. The van der Waals surface area contributed by atoms with E-state index in [-0.39, 0.29) is 36.6 Å². The lowest BCUT2D eigenvalue weighted by molar-refractivity contribution is -0.149. The third kappa shape index (κ3) is 4.18. The van der Waals surface area contributed by atoms with Crippen molar-refractivity contribution < 1.29 is 27.2 Å². The van der Waals surface area contributed by atoms with E-state index in [2.05, 4.69) is 0 Å². The molecule has 0 radical (unpaired) electrons. The number of hydroxylamine groups is 2. The van der Waals surface area contributed by atoms with Crippen molar-refractivity contribution in [2.24, 2.45) is 5.92 Å². The van der Waals surface area contributed by atoms with Crippen molar-refractivity contribution in [1.29, 1.82) is 0 Å². The molecule has 0 spiro atoms. The van der Waals surface area contributed by atoms with Crippen molar-refractivity contribution in [1.82, 2.24) is 9.37 Å². The number of ether oxygens (including phenoxy) is 1. The number of halogens is 2. The lowest BCUT2D eigenvalue weighted by Gasteiger charge is -2.33. The summed E-state index contributed by atoms with van der Waals surface area (Å²) in [5.41, 5.74) is 0.571. The number of rotatable bonds is 5. The third-order valence-corrected chi connectivity index (χ3v) is 7.82. The van der Waals surface area contributed by atoms with Crippen LogP contribution in [0.3, 0.4) is 0 Å². The second-order valence-corrected chi connectivity index (χ2v) is 9.53. The molecule has 0 aliphatic carbocycles. The Hall–Kier alpha value is -1.26. The van der Waals surface area contributed by atoms with Gasteiger partial charge in [0.2, 0.25) is 10.0 Å². The van der Waals surface area contributed by atoms with Crippen molar-refractivity contribution in [3.8, 4) is 0 Å². The Kier molecular flexibility index (Phi) is 6.61. The maximum atomic E-state index is 13.5. The van der Waals surface area contributed by atoms with E-state index in [1.165, 1.54) is 27.6 Å². The molecule has 3 rings (SSSR count). The van der Waals surface area contributed by atoms with Crippen LogP contribution in [0, 0.1) is 11.7 Å². The molecule has 2 aliphatic rings. The number of hydrogen-bond donors (Lipinski definition) is 0. The number of hydrogen-bond acceptors (Lipinski definition) is 6. The molecule has 0 aromatic heterocycles. The van der Waals surface area contributed by atoms with Gasteiger partial charge in [-0.25, -0.2) is 17.1 Å². The summed E-state index contributed by atoms with van der Waals surface area (Å²) >= 11 is 5.88. The summed E-state index contributed by atoms with van der Waals surface area (Å²) in [6.45, 7) is 2.56. The Morgan fingerprint density at radius 1 is 1.36 bits per heavy atom. The molecule has 10 heteroatoms. The second-order valence-electron chi connectivity index (χ2n) is 6.97. The zero-order chi connectivity index (χ0) is 20.5. The molecule has 2 fully saturated rings. The van der Waals surface area contributed by atoms with E-state index in [1.807, 2.05) is 0 Å². The minimum absolute atomic E-state index is 0.00367. The van der Waals surface area contributed by atoms with Crippen LogP contribution in [-0.4, -0.2) is 62.4 Å². The van der Waals surface area contributed by atoms with Crippen LogP contribution in [0.5, 0.6) is 0 Å². The monoisotopic (exact) mass is 434 g/mol. The van der Waals surface area contributed by atoms with Crippen LogP contribution in [0.2, 0.25) is 5.02 Å². The number of sulfonamides is 1. The largest absolute Gasteiger partial charge is 0.466 e. The molecule has 2 unspecified atom stereocenters. The summed E-state index contributed by atoms with van der Waals surface area (Å²) in [4.78, 5) is 17.4. The lowest BCUT2D eigenvalue weighted by Crippen LogP contribution is -2.46. The molecular formula is C18H24ClFN2O5S. The molecular weight excluding hydrogens is 411 g/mol. The molecule has 0 bridgehead atoms. The van der Waals surface area contributed by atoms with Crippen LogP contribution in [0.4, 0.5) is 4.39 Å². The number of piperidine rings is 1. The lowest BCUT2D eigenvalue weighted by atomic mass is 9.98. The number of carbonyl (C=O) groups excluding carboxylic acids is 1. The predicted octanol–water partition coefficient (Wildman–Crippen LogP) is 2.37. The first-order chi connectivity index (χ1) is 13.3. The zero-order valence-electron chi connectivity index (χ0n) is 15.8. The number of carbonyl (C=O) groups is 1. The molecule has 0 saturated carbocycles. The van der Waals surface area contributed by atoms with Gasteiger partial charge in [-0.05, 0) is 37.5 Å². The standard InChI is InChI=1S/C18H24ClFN2O5S/c1-3-26-18(23)12-6-8-22(9-7-12)28(24,25)16-11-27-21(2)17(16)13-4-5-15(20)14(19)10-13/h4-5,10,12,16-17H,3,6-9,11H2,1-2H3. The molecule has 1 aromatic rings. The minimum atomic E-state index is -3.70. The van der Waals surface area contributed by atoms with Crippen LogP contribution in [0.1, 0.15) is 31.4 Å². The summed E-state index contributed by atoms with van der Waals surface area (Å²) in [5.74, 6) is -1.12. The first-order valence-corrected chi connectivity index (χ1v) is 11.1. The molecule has 2 saturated heterocycles. The highest BCUT2D eigenvalue weighted by atomic mass is 35.5. The summed E-state index contributed by atoms with van der Waals surface area (Å²) in [6.07, 6.45) is 0.850. The van der Waals surface area contributed by atoms with Crippen LogP contribution < -0.4 is 0 Å². The minimum Gasteiger partial charge on any atom is -0.466 e. The summed E-state index contributed by atoms with van der Waals surface area (Å²) in [7, 11) is -2.06. The quantitative estimate of drug-likeness (QED) is 0.662. The topological polar surface area (TPSA) is 76.1 Å². The van der Waals surface area contributed by atoms with Gasteiger partial charge >= 0.3 is 5.97 Å². The summed E-state index contributed by atoms with van der Waals surface area (Å²) < 4.78 is 46.5. The fourth-order valence-electron chi connectivity index (χ4n) is 3.76. The second kappa shape index (κ2) is 8.62. The van der Waals surface area contributed by atoms with Crippen LogP contribution in [0.15, 0.2) is 18.2 Å². The van der Waals surface area contributed by atoms with E-state index in [4.69, 9.17) is 21.2 Å². The van der Waals surface area contributed by atoms with Gasteiger partial charge in [0.15, 0.2) is 0 Å². The average Bonchev–Trinajstić information content (AvgIpc) is 3.06. The molecule has 1 aromatic carbocycles. The van der Waals surface area contributed by atoms with Crippen molar-refractivity contribution in [3.05, 3.63) is 34.6 Å². The first kappa shape index (κ1) is 21.4. The van der Waals surface area contributed by atoms with Crippen molar-refractivity contribution in [2.75, 3.05) is 33.4 Å². The molecule has 28 heavy (non-hydrogen) atoms. The Bertz CT molecular complexity index is 829. The highest BCUT2D eigenvalue weighted by Gasteiger charge is 2.46. The Labute approximate surface area is 169 Å². The van der Waals surface area contributed by atoms with E-state index in [0.29, 0.717) is 25.0 Å². The van der Waals surface area contributed by atoms with Gasteiger partial charge in [-0.15, -0.1) is 0 Å². The van der Waals surface area contributed by atoms with Crippen LogP contribution in [0.25, 0.3) is 0 Å². The Morgan fingerprint density at radius 3 is 2.64 bits per heavy atom. The Morgan fingerprint density at radius 2 is 2.04 bits per heavy atom. The van der Waals surface area contributed by atoms with Crippen LogP contribution in [-0.2, 0) is 24.4 Å². The van der Waals surface area contributed by atoms with Gasteiger partial charge in [-0.2, -0.15) is 5.06 Å².